The Balaban J connectivity index is 3.90. The molecule has 0 aliphatic carbocycles. The van der Waals surface area contributed by atoms with E-state index in [1.165, 1.54) is 6.92 Å². The highest BCUT2D eigenvalue weighted by molar-refractivity contribution is 5.99. The predicted octanol–water partition coefficient (Wildman–Crippen LogP) is -6.51. The standard InChI is InChI=1S/C52H98N16O14/c1-9-28(6)11-10-12-39(71)58-31(13-18-53)46(76)67-41(29(7)69)51(81)62-34(16-21-56)45(75)65-38-25-40(72)66-52(82)42(30(8)70)68-47(77)35(17-22-57)59-43(73)32(14-19-54)60-48(78)36(23-26(2)3)64-49(79)37(24-27(4)5)63-44(74)33(15-20-55)61-50(38)80/h26-38,40-42,69-70,72H,9-25,53-57H2,1-8H3,(H,58,71)(H,59,73)(H,60,78)(H,61,80)(H,62,81)(H,63,74)(H,64,79)(H,65,75)(H,66,82)(H,67,76)(H,68,77)/t28?,29-,30-,31+,32+,33+,34+,35+,36+,37-,38+,40?,41+,42+/m1/s1. The van der Waals surface area contributed by atoms with Crippen molar-refractivity contribution in [3.63, 3.8) is 0 Å². The summed E-state index contributed by atoms with van der Waals surface area (Å²) in [4.78, 5) is 153. The van der Waals surface area contributed by atoms with Crippen molar-refractivity contribution in [2.75, 3.05) is 32.7 Å². The van der Waals surface area contributed by atoms with E-state index in [0.717, 1.165) is 19.8 Å². The minimum absolute atomic E-state index is 0.00896. The molecule has 11 amide bonds. The Hall–Kier alpha value is -6.15. The molecule has 0 aromatic heterocycles. The van der Waals surface area contributed by atoms with Gasteiger partial charge in [0.25, 0.3) is 0 Å². The van der Waals surface area contributed by atoms with Crippen LogP contribution in [0.1, 0.15) is 132 Å². The molecule has 0 aromatic carbocycles. The highest BCUT2D eigenvalue weighted by Crippen LogP contribution is 2.14. The van der Waals surface area contributed by atoms with E-state index in [-0.39, 0.29) is 95.9 Å². The van der Waals surface area contributed by atoms with Gasteiger partial charge in [-0.25, -0.2) is 0 Å². The normalized spacial score (nSPS) is 24.3. The van der Waals surface area contributed by atoms with Crippen LogP contribution in [-0.2, 0) is 52.7 Å². The van der Waals surface area contributed by atoms with E-state index in [9.17, 15) is 68.1 Å². The second-order valence-electron chi connectivity index (χ2n) is 21.8. The third-order valence-corrected chi connectivity index (χ3v) is 13.5. The first-order valence-corrected chi connectivity index (χ1v) is 28.4. The van der Waals surface area contributed by atoms with Crippen molar-refractivity contribution in [1.29, 1.82) is 0 Å². The summed E-state index contributed by atoms with van der Waals surface area (Å²) >= 11 is 0. The van der Waals surface area contributed by atoms with Crippen molar-refractivity contribution in [3.05, 3.63) is 0 Å². The van der Waals surface area contributed by atoms with Crippen LogP contribution < -0.4 is 87.2 Å². The Bertz CT molecular complexity index is 2090. The first-order valence-electron chi connectivity index (χ1n) is 28.4. The van der Waals surface area contributed by atoms with E-state index in [1.807, 2.05) is 13.8 Å². The van der Waals surface area contributed by atoms with Gasteiger partial charge in [-0.1, -0.05) is 54.4 Å². The predicted molar refractivity (Wildman–Crippen MR) is 302 cm³/mol. The summed E-state index contributed by atoms with van der Waals surface area (Å²) in [6.45, 7) is 12.6. The number of amides is 11. The molecule has 14 atom stereocenters. The maximum Gasteiger partial charge on any atom is 0.247 e. The first-order chi connectivity index (χ1) is 38.6. The van der Waals surface area contributed by atoms with Gasteiger partial charge >= 0.3 is 0 Å². The second-order valence-corrected chi connectivity index (χ2v) is 21.8. The summed E-state index contributed by atoms with van der Waals surface area (Å²) in [7, 11) is 0. The molecular weight excluding hydrogens is 1070 g/mol. The smallest absolute Gasteiger partial charge is 0.247 e. The third-order valence-electron chi connectivity index (χ3n) is 13.5. The molecule has 1 aliphatic rings. The summed E-state index contributed by atoms with van der Waals surface area (Å²) in [5.74, 6) is -10.5. The van der Waals surface area contributed by atoms with Gasteiger partial charge < -0.3 is 102 Å². The molecule has 0 saturated carbocycles. The number of carbonyl (C=O) groups excluding carboxylic acids is 11. The van der Waals surface area contributed by atoms with Crippen LogP contribution in [0.25, 0.3) is 0 Å². The van der Waals surface area contributed by atoms with E-state index >= 15 is 0 Å². The van der Waals surface area contributed by atoms with Crippen LogP contribution in [0, 0.1) is 17.8 Å². The number of aliphatic hydroxyl groups excluding tert-OH is 3. The summed E-state index contributed by atoms with van der Waals surface area (Å²) in [6, 6.07) is -15.4. The largest absolute Gasteiger partial charge is 0.391 e. The van der Waals surface area contributed by atoms with Crippen molar-refractivity contribution < 1.29 is 68.1 Å². The fourth-order valence-electron chi connectivity index (χ4n) is 8.65. The number of nitrogens with two attached hydrogens (primary N) is 5. The summed E-state index contributed by atoms with van der Waals surface area (Å²) in [6.07, 6.45) is -4.87. The van der Waals surface area contributed by atoms with Crippen molar-refractivity contribution >= 4 is 65.0 Å². The maximum absolute atomic E-state index is 14.4. The lowest BCUT2D eigenvalue weighted by molar-refractivity contribution is -0.138. The van der Waals surface area contributed by atoms with Gasteiger partial charge in [0.15, 0.2) is 0 Å². The molecule has 0 radical (unpaired) electrons. The average Bonchev–Trinajstić information content (AvgIpc) is 3.46. The van der Waals surface area contributed by atoms with E-state index in [0.29, 0.717) is 12.3 Å². The first kappa shape index (κ1) is 73.9. The molecular formula is C52H98N16O14. The number of rotatable bonds is 28. The van der Waals surface area contributed by atoms with Crippen LogP contribution in [-0.4, -0.2) is 192 Å². The van der Waals surface area contributed by atoms with Gasteiger partial charge in [0, 0.05) is 12.8 Å². The molecule has 0 spiro atoms. The van der Waals surface area contributed by atoms with Crippen LogP contribution in [0.15, 0.2) is 0 Å². The number of carbonyl (C=O) groups is 11. The van der Waals surface area contributed by atoms with Gasteiger partial charge in [-0.05, 0) is 116 Å². The van der Waals surface area contributed by atoms with Crippen LogP contribution in [0.5, 0.6) is 0 Å². The highest BCUT2D eigenvalue weighted by Gasteiger charge is 2.38. The molecule has 30 heteroatoms. The molecule has 82 heavy (non-hydrogen) atoms. The Morgan fingerprint density at radius 1 is 0.524 bits per heavy atom. The zero-order valence-electron chi connectivity index (χ0n) is 49.0. The minimum atomic E-state index is -2.11. The molecule has 2 unspecified atom stereocenters. The minimum Gasteiger partial charge on any atom is -0.391 e. The Kier molecular flexibility index (Phi) is 34.8. The lowest BCUT2D eigenvalue weighted by Crippen LogP contribution is -2.62. The molecule has 1 aliphatic heterocycles. The lowest BCUT2D eigenvalue weighted by Gasteiger charge is -2.29. The van der Waals surface area contributed by atoms with E-state index in [2.05, 4.69) is 58.5 Å². The molecule has 30 nitrogen and oxygen atoms in total. The van der Waals surface area contributed by atoms with Gasteiger partial charge in [0.1, 0.15) is 66.6 Å². The maximum atomic E-state index is 14.4. The molecule has 0 bridgehead atoms. The van der Waals surface area contributed by atoms with Crippen LogP contribution in [0.4, 0.5) is 0 Å². The van der Waals surface area contributed by atoms with Gasteiger partial charge in [0.2, 0.25) is 65.0 Å². The fraction of sp³-hybridized carbons (Fsp3) is 0.788. The average molecular weight is 1170 g/mol. The van der Waals surface area contributed by atoms with Crippen molar-refractivity contribution in [1.82, 2.24) is 58.5 Å². The summed E-state index contributed by atoms with van der Waals surface area (Å²) in [5.41, 5.74) is 29.1. The number of aliphatic hydroxyl groups is 3. The molecule has 0 aromatic rings. The van der Waals surface area contributed by atoms with Crippen LogP contribution in [0.3, 0.4) is 0 Å². The Labute approximate surface area is 480 Å². The third kappa shape index (κ3) is 26.8. The number of nitrogens with one attached hydrogen (secondary N) is 11. The number of hydrogen-bond acceptors (Lipinski definition) is 19. The SMILES string of the molecule is CCC(C)CCCC(=O)N[C@@H](CCN)C(=O)N[C@H](C(=O)N[C@@H](CCN)C(=O)N[C@H]1CC(O)NC(=O)[C@H]([C@@H](C)O)NC(=O)[C@H](CCN)NC(=O)[C@H](CCN)NC(=O)[C@H](CC(C)C)NC(=O)[C@@H](CC(C)C)NC(=O)[C@H](CCN)NC1=O)[C@@H](C)O. The summed E-state index contributed by atoms with van der Waals surface area (Å²) in [5, 5.41) is 60.0. The lowest BCUT2D eigenvalue weighted by atomic mass is 9.99. The molecule has 1 saturated heterocycles. The zero-order chi connectivity index (χ0) is 62.4. The molecule has 24 N–H and O–H groups in total. The molecule has 1 rings (SSSR count). The molecule has 1 fully saturated rings. The zero-order valence-corrected chi connectivity index (χ0v) is 49.0. The van der Waals surface area contributed by atoms with Gasteiger partial charge in [-0.3, -0.25) is 52.7 Å². The number of hydrogen-bond donors (Lipinski definition) is 19. The monoisotopic (exact) mass is 1170 g/mol. The Morgan fingerprint density at radius 2 is 0.951 bits per heavy atom. The van der Waals surface area contributed by atoms with Crippen molar-refractivity contribution in [2.24, 2.45) is 46.4 Å². The van der Waals surface area contributed by atoms with Gasteiger partial charge in [0.05, 0.1) is 12.2 Å². The van der Waals surface area contributed by atoms with E-state index in [1.54, 1.807) is 27.7 Å². The van der Waals surface area contributed by atoms with Crippen LogP contribution in [0.2, 0.25) is 0 Å². The molecule has 470 valence electrons. The quantitative estimate of drug-likeness (QED) is 0.0346. The molecule has 1 heterocycles. The van der Waals surface area contributed by atoms with Crippen molar-refractivity contribution in [2.45, 2.75) is 211 Å². The summed E-state index contributed by atoms with van der Waals surface area (Å²) < 4.78 is 0. The second kappa shape index (κ2) is 38.6. The fourth-order valence-corrected chi connectivity index (χ4v) is 8.65. The van der Waals surface area contributed by atoms with Crippen LogP contribution >= 0.6 is 0 Å². The Morgan fingerprint density at radius 3 is 1.37 bits per heavy atom. The topological polar surface area (TPSA) is 511 Å². The van der Waals surface area contributed by atoms with E-state index in [4.69, 9.17) is 28.7 Å². The highest BCUT2D eigenvalue weighted by atomic mass is 16.3. The van der Waals surface area contributed by atoms with Gasteiger partial charge in [-0.2, -0.15) is 0 Å². The van der Waals surface area contributed by atoms with Crippen molar-refractivity contribution in [3.8, 4) is 0 Å². The van der Waals surface area contributed by atoms with Gasteiger partial charge in [-0.15, -0.1) is 0 Å². The van der Waals surface area contributed by atoms with E-state index < -0.39 is 150 Å².